The van der Waals surface area contributed by atoms with Crippen LogP contribution in [0.2, 0.25) is 5.02 Å². The third-order valence-electron chi connectivity index (χ3n) is 5.01. The molecule has 0 saturated heterocycles. The van der Waals surface area contributed by atoms with Gasteiger partial charge < -0.3 is 0 Å². The molecule has 0 unspecified atom stereocenters. The third kappa shape index (κ3) is 4.58. The zero-order valence-electron chi connectivity index (χ0n) is 16.3. The summed E-state index contributed by atoms with van der Waals surface area (Å²) < 4.78 is 2.54. The molecule has 2 aromatic carbocycles. The van der Waals surface area contributed by atoms with Crippen LogP contribution in [0.5, 0.6) is 0 Å². The van der Waals surface area contributed by atoms with E-state index < -0.39 is 0 Å². The maximum Gasteiger partial charge on any atom is 0.272 e. The number of fused-ring (bicyclic) bond motifs is 1. The van der Waals surface area contributed by atoms with Crippen molar-refractivity contribution < 1.29 is 0 Å². The van der Waals surface area contributed by atoms with Gasteiger partial charge in [0, 0.05) is 17.3 Å². The number of aromatic nitrogens is 2. The molecule has 0 aliphatic rings. The molecular formula is C23H21ClN2OS2. The summed E-state index contributed by atoms with van der Waals surface area (Å²) in [5, 5.41) is 3.42. The fourth-order valence-electron chi connectivity index (χ4n) is 3.16. The predicted molar refractivity (Wildman–Crippen MR) is 125 cm³/mol. The number of thioether (sulfide) groups is 1. The van der Waals surface area contributed by atoms with Crippen LogP contribution in [0.15, 0.2) is 63.9 Å². The van der Waals surface area contributed by atoms with E-state index in [2.05, 4.69) is 32.0 Å². The maximum absolute atomic E-state index is 13.1. The molecule has 4 rings (SSSR count). The summed E-state index contributed by atoms with van der Waals surface area (Å²) in [5.41, 5.74) is 5.78. The molecule has 148 valence electrons. The molecule has 4 aromatic rings. The minimum Gasteiger partial charge on any atom is -0.286 e. The van der Waals surface area contributed by atoms with Crippen LogP contribution in [-0.4, -0.2) is 9.55 Å². The van der Waals surface area contributed by atoms with Crippen LogP contribution in [0.4, 0.5) is 0 Å². The monoisotopic (exact) mass is 440 g/mol. The van der Waals surface area contributed by atoms with Crippen molar-refractivity contribution in [2.45, 2.75) is 37.7 Å². The number of rotatable bonds is 6. The van der Waals surface area contributed by atoms with E-state index in [1.165, 1.54) is 28.0 Å². The third-order valence-corrected chi connectivity index (χ3v) is 7.20. The summed E-state index contributed by atoms with van der Waals surface area (Å²) in [5.74, 6) is 0.782. The molecule has 2 heterocycles. The van der Waals surface area contributed by atoms with Gasteiger partial charge in [0.1, 0.15) is 4.70 Å². The molecular weight excluding hydrogens is 420 g/mol. The Morgan fingerprint density at radius 2 is 1.79 bits per heavy atom. The van der Waals surface area contributed by atoms with Gasteiger partial charge in [-0.15, -0.1) is 11.3 Å². The van der Waals surface area contributed by atoms with Crippen molar-refractivity contribution >= 4 is 44.9 Å². The van der Waals surface area contributed by atoms with E-state index in [1.807, 2.05) is 40.3 Å². The minimum absolute atomic E-state index is 0.0431. The first-order valence-corrected chi connectivity index (χ1v) is 11.7. The molecule has 0 radical (unpaired) electrons. The van der Waals surface area contributed by atoms with E-state index in [-0.39, 0.29) is 5.56 Å². The summed E-state index contributed by atoms with van der Waals surface area (Å²) in [6, 6.07) is 16.2. The molecule has 0 spiro atoms. The highest BCUT2D eigenvalue weighted by atomic mass is 35.5. The van der Waals surface area contributed by atoms with Crippen molar-refractivity contribution in [2.75, 3.05) is 0 Å². The molecule has 0 saturated carbocycles. The molecule has 0 N–H and O–H groups in total. The van der Waals surface area contributed by atoms with Crippen molar-refractivity contribution in [3.8, 4) is 0 Å². The van der Waals surface area contributed by atoms with Crippen molar-refractivity contribution in [3.63, 3.8) is 0 Å². The maximum atomic E-state index is 13.1. The van der Waals surface area contributed by atoms with E-state index >= 15 is 0 Å². The molecule has 0 bridgehead atoms. The van der Waals surface area contributed by atoms with Crippen LogP contribution in [-0.2, 0) is 18.7 Å². The summed E-state index contributed by atoms with van der Waals surface area (Å²) in [6.07, 6.45) is 0.757. The Morgan fingerprint density at radius 3 is 2.55 bits per heavy atom. The fourth-order valence-corrected chi connectivity index (χ4v) is 5.04. The number of halogens is 1. The molecule has 0 fully saturated rings. The lowest BCUT2D eigenvalue weighted by Gasteiger charge is -2.12. The van der Waals surface area contributed by atoms with Gasteiger partial charge in [0.25, 0.3) is 5.56 Å². The van der Waals surface area contributed by atoms with Crippen molar-refractivity contribution in [3.05, 3.63) is 91.5 Å². The van der Waals surface area contributed by atoms with Crippen LogP contribution < -0.4 is 5.56 Å². The second-order valence-corrected chi connectivity index (χ2v) is 9.36. The summed E-state index contributed by atoms with van der Waals surface area (Å²) in [7, 11) is 0. The van der Waals surface area contributed by atoms with E-state index in [4.69, 9.17) is 16.6 Å². The molecule has 6 heteroatoms. The molecule has 29 heavy (non-hydrogen) atoms. The van der Waals surface area contributed by atoms with Crippen molar-refractivity contribution in [1.82, 2.24) is 9.55 Å². The lowest BCUT2D eigenvalue weighted by Crippen LogP contribution is -2.23. The van der Waals surface area contributed by atoms with Crippen LogP contribution >= 0.6 is 34.7 Å². The normalized spacial score (nSPS) is 11.3. The van der Waals surface area contributed by atoms with Gasteiger partial charge in [-0.2, -0.15) is 0 Å². The quantitative estimate of drug-likeness (QED) is 0.262. The Morgan fingerprint density at radius 1 is 1.03 bits per heavy atom. The highest BCUT2D eigenvalue weighted by molar-refractivity contribution is 7.98. The topological polar surface area (TPSA) is 34.9 Å². The smallest absolute Gasteiger partial charge is 0.272 e. The van der Waals surface area contributed by atoms with Crippen LogP contribution in [0.25, 0.3) is 10.2 Å². The molecule has 3 nitrogen and oxygen atoms in total. The number of hydrogen-bond donors (Lipinski definition) is 0. The zero-order chi connectivity index (χ0) is 20.4. The molecule has 0 amide bonds. The molecule has 2 aromatic heterocycles. The Hall–Kier alpha value is -2.08. The largest absolute Gasteiger partial charge is 0.286 e. The first-order chi connectivity index (χ1) is 14.0. The number of benzene rings is 2. The first-order valence-electron chi connectivity index (χ1n) is 9.42. The SMILES string of the molecule is Cc1ccc(CSc2nc3ccsc3c(=O)n2CCc2ccc(Cl)cc2)cc1C. The second kappa shape index (κ2) is 8.74. The van der Waals surface area contributed by atoms with E-state index in [1.54, 1.807) is 11.8 Å². The van der Waals surface area contributed by atoms with Gasteiger partial charge in [-0.25, -0.2) is 4.98 Å². The molecule has 0 aliphatic heterocycles. The van der Waals surface area contributed by atoms with Crippen LogP contribution in [0.1, 0.15) is 22.3 Å². The average Bonchev–Trinajstić information content (AvgIpc) is 3.18. The summed E-state index contributed by atoms with van der Waals surface area (Å²) in [6.45, 7) is 4.84. The van der Waals surface area contributed by atoms with Gasteiger partial charge >= 0.3 is 0 Å². The van der Waals surface area contributed by atoms with E-state index in [0.717, 1.165) is 38.1 Å². The van der Waals surface area contributed by atoms with Gasteiger partial charge in [0.15, 0.2) is 5.16 Å². The minimum atomic E-state index is 0.0431. The Labute approximate surface area is 183 Å². The van der Waals surface area contributed by atoms with E-state index in [9.17, 15) is 4.79 Å². The van der Waals surface area contributed by atoms with Gasteiger partial charge in [0.2, 0.25) is 0 Å². The Balaban J connectivity index is 1.62. The van der Waals surface area contributed by atoms with Crippen molar-refractivity contribution in [2.24, 2.45) is 0 Å². The Kier molecular flexibility index (Phi) is 6.09. The zero-order valence-corrected chi connectivity index (χ0v) is 18.7. The summed E-state index contributed by atoms with van der Waals surface area (Å²) >= 11 is 9.06. The van der Waals surface area contributed by atoms with Gasteiger partial charge in [0.05, 0.1) is 5.52 Å². The number of hydrogen-bond acceptors (Lipinski definition) is 4. The lowest BCUT2D eigenvalue weighted by atomic mass is 10.1. The van der Waals surface area contributed by atoms with Gasteiger partial charge in [-0.05, 0) is 66.1 Å². The molecule has 0 atom stereocenters. The van der Waals surface area contributed by atoms with Crippen LogP contribution in [0, 0.1) is 13.8 Å². The lowest BCUT2D eigenvalue weighted by molar-refractivity contribution is 0.596. The average molecular weight is 441 g/mol. The fraction of sp³-hybridized carbons (Fsp3) is 0.217. The van der Waals surface area contributed by atoms with E-state index in [0.29, 0.717) is 6.54 Å². The standard InChI is InChI=1S/C23H21ClN2OS2/c1-15-3-4-18(13-16(15)2)14-29-23-25-20-10-12-28-21(20)22(27)26(23)11-9-17-5-7-19(24)8-6-17/h3-8,10,12-13H,9,11,14H2,1-2H3. The van der Waals surface area contributed by atoms with Gasteiger partial charge in [-0.3, -0.25) is 9.36 Å². The predicted octanol–water partition coefficient (Wildman–Crippen LogP) is 6.26. The number of thiophene rings is 1. The van der Waals surface area contributed by atoms with Crippen molar-refractivity contribution in [1.29, 1.82) is 0 Å². The first kappa shape index (κ1) is 20.2. The van der Waals surface area contributed by atoms with Gasteiger partial charge in [-0.1, -0.05) is 53.7 Å². The highest BCUT2D eigenvalue weighted by Gasteiger charge is 2.13. The number of aryl methyl sites for hydroxylation is 3. The van der Waals surface area contributed by atoms with Crippen LogP contribution in [0.3, 0.4) is 0 Å². The highest BCUT2D eigenvalue weighted by Crippen LogP contribution is 2.25. The number of nitrogens with zero attached hydrogens (tertiary/aromatic N) is 2. The second-order valence-electron chi connectivity index (χ2n) is 7.07. The Bertz CT molecular complexity index is 1210. The summed E-state index contributed by atoms with van der Waals surface area (Å²) in [4.78, 5) is 17.9. The molecule has 0 aliphatic carbocycles.